The normalized spacial score (nSPS) is 14.7. The number of benzene rings is 1. The van der Waals surface area contributed by atoms with E-state index in [-0.39, 0.29) is 6.04 Å². The molecule has 1 aromatic carbocycles. The van der Waals surface area contributed by atoms with E-state index >= 15 is 0 Å². The molecular formula is C11H16BrNO2. The van der Waals surface area contributed by atoms with Crippen molar-refractivity contribution in [2.75, 3.05) is 7.11 Å². The van der Waals surface area contributed by atoms with Crippen LogP contribution >= 0.6 is 15.9 Å². The van der Waals surface area contributed by atoms with Crippen molar-refractivity contribution in [1.29, 1.82) is 0 Å². The number of nitrogens with two attached hydrogens (primary N) is 1. The highest BCUT2D eigenvalue weighted by Gasteiger charge is 2.15. The minimum absolute atomic E-state index is 0.350. The molecule has 2 atom stereocenters. The fourth-order valence-corrected chi connectivity index (χ4v) is 1.92. The molecule has 0 aliphatic rings. The molecule has 3 N–H and O–H groups in total. The Bertz CT molecular complexity index is 330. The second-order valence-electron chi connectivity index (χ2n) is 3.40. The van der Waals surface area contributed by atoms with Crippen LogP contribution in [0, 0.1) is 0 Å². The Morgan fingerprint density at radius 2 is 2.20 bits per heavy atom. The molecule has 0 aliphatic carbocycles. The van der Waals surface area contributed by atoms with Crippen molar-refractivity contribution in [1.82, 2.24) is 0 Å². The third kappa shape index (κ3) is 2.93. The number of methoxy groups -OCH3 is 1. The zero-order chi connectivity index (χ0) is 11.4. The van der Waals surface area contributed by atoms with Gasteiger partial charge in [0.1, 0.15) is 5.75 Å². The van der Waals surface area contributed by atoms with Crippen molar-refractivity contribution < 1.29 is 9.84 Å². The quantitative estimate of drug-likeness (QED) is 0.885. The van der Waals surface area contributed by atoms with Gasteiger partial charge in [-0.1, -0.05) is 13.0 Å². The lowest BCUT2D eigenvalue weighted by molar-refractivity contribution is 0.140. The molecule has 0 unspecified atom stereocenters. The fourth-order valence-electron chi connectivity index (χ4n) is 1.37. The summed E-state index contributed by atoms with van der Waals surface area (Å²) in [7, 11) is 1.61. The Labute approximate surface area is 98.4 Å². The lowest BCUT2D eigenvalue weighted by Crippen LogP contribution is -2.25. The van der Waals surface area contributed by atoms with Gasteiger partial charge in [0.2, 0.25) is 0 Å². The summed E-state index contributed by atoms with van der Waals surface area (Å²) in [6, 6.07) is 5.23. The summed E-state index contributed by atoms with van der Waals surface area (Å²) in [5, 5.41) is 9.63. The molecule has 0 spiro atoms. The number of halogens is 1. The smallest absolute Gasteiger partial charge is 0.133 e. The van der Waals surface area contributed by atoms with Gasteiger partial charge in [-0.2, -0.15) is 0 Å². The molecule has 4 heteroatoms. The number of aliphatic hydroxyl groups excluding tert-OH is 1. The van der Waals surface area contributed by atoms with E-state index in [2.05, 4.69) is 15.9 Å². The maximum atomic E-state index is 9.63. The Hall–Kier alpha value is -0.580. The lowest BCUT2D eigenvalue weighted by Gasteiger charge is -2.18. The average Bonchev–Trinajstić information content (AvgIpc) is 2.26. The van der Waals surface area contributed by atoms with Crippen molar-refractivity contribution >= 4 is 15.9 Å². The van der Waals surface area contributed by atoms with Gasteiger partial charge in [0.25, 0.3) is 0 Å². The van der Waals surface area contributed by atoms with Gasteiger partial charge in [-0.05, 0) is 40.0 Å². The molecule has 0 bridgehead atoms. The second kappa shape index (κ2) is 5.49. The second-order valence-corrected chi connectivity index (χ2v) is 4.25. The molecule has 0 fully saturated rings. The van der Waals surface area contributed by atoms with Crippen LogP contribution in [0.4, 0.5) is 0 Å². The minimum atomic E-state index is -0.509. The van der Waals surface area contributed by atoms with Gasteiger partial charge in [0.05, 0.1) is 23.7 Å². The average molecular weight is 274 g/mol. The predicted octanol–water partition coefficient (Wildman–Crippen LogP) is 2.23. The van der Waals surface area contributed by atoms with Crippen molar-refractivity contribution in [3.63, 3.8) is 0 Å². The monoisotopic (exact) mass is 273 g/mol. The van der Waals surface area contributed by atoms with E-state index in [1.165, 1.54) is 0 Å². The van der Waals surface area contributed by atoms with Crippen molar-refractivity contribution in [2.24, 2.45) is 5.73 Å². The Morgan fingerprint density at radius 1 is 1.53 bits per heavy atom. The topological polar surface area (TPSA) is 55.5 Å². The van der Waals surface area contributed by atoms with Crippen LogP contribution in [-0.4, -0.2) is 18.3 Å². The van der Waals surface area contributed by atoms with Crippen LogP contribution in [0.1, 0.15) is 24.9 Å². The summed E-state index contributed by atoms with van der Waals surface area (Å²) in [5.41, 5.74) is 6.80. The molecule has 3 nitrogen and oxygen atoms in total. The molecule has 0 radical (unpaired) electrons. The summed E-state index contributed by atoms with van der Waals surface area (Å²) in [4.78, 5) is 0. The molecule has 1 aromatic rings. The van der Waals surface area contributed by atoms with E-state index in [4.69, 9.17) is 10.5 Å². The zero-order valence-corrected chi connectivity index (χ0v) is 10.5. The summed E-state index contributed by atoms with van der Waals surface area (Å²) >= 11 is 3.38. The van der Waals surface area contributed by atoms with Gasteiger partial charge in [0, 0.05) is 0 Å². The van der Waals surface area contributed by atoms with Gasteiger partial charge in [0.15, 0.2) is 0 Å². The maximum absolute atomic E-state index is 9.63. The molecule has 0 amide bonds. The summed E-state index contributed by atoms with van der Waals surface area (Å²) < 4.78 is 5.96. The number of rotatable bonds is 4. The molecule has 0 aromatic heterocycles. The Morgan fingerprint density at radius 3 is 2.67 bits per heavy atom. The van der Waals surface area contributed by atoms with Crippen LogP contribution in [-0.2, 0) is 0 Å². The number of aliphatic hydroxyl groups is 1. The van der Waals surface area contributed by atoms with Gasteiger partial charge in [-0.15, -0.1) is 0 Å². The largest absolute Gasteiger partial charge is 0.496 e. The molecule has 1 rings (SSSR count). The summed E-state index contributed by atoms with van der Waals surface area (Å²) in [5.74, 6) is 0.761. The zero-order valence-electron chi connectivity index (χ0n) is 8.90. The molecule has 0 aliphatic heterocycles. The molecule has 0 saturated carbocycles. The van der Waals surface area contributed by atoms with Crippen LogP contribution in [0.5, 0.6) is 5.75 Å². The highest BCUT2D eigenvalue weighted by atomic mass is 79.9. The molecular weight excluding hydrogens is 258 g/mol. The molecule has 84 valence electrons. The summed E-state index contributed by atoms with van der Waals surface area (Å²) in [6.07, 6.45) is 0.135. The standard InChI is InChI=1S/C11H16BrNO2/c1-3-9(14)11(13)7-4-5-10(15-2)8(12)6-7/h4-6,9,11,14H,3,13H2,1-2H3/t9-,11+/m0/s1. The van der Waals surface area contributed by atoms with Crippen LogP contribution in [0.25, 0.3) is 0 Å². The van der Waals surface area contributed by atoms with Crippen LogP contribution in [0.2, 0.25) is 0 Å². The first-order chi connectivity index (χ1) is 7.10. The molecule has 0 heterocycles. The van der Waals surface area contributed by atoms with Gasteiger partial charge in [-0.25, -0.2) is 0 Å². The van der Waals surface area contributed by atoms with Crippen molar-refractivity contribution in [3.8, 4) is 5.75 Å². The maximum Gasteiger partial charge on any atom is 0.133 e. The van der Waals surface area contributed by atoms with Crippen LogP contribution < -0.4 is 10.5 Å². The van der Waals surface area contributed by atoms with E-state index in [0.29, 0.717) is 6.42 Å². The van der Waals surface area contributed by atoms with E-state index in [9.17, 15) is 5.11 Å². The SMILES string of the molecule is CC[C@H](O)[C@H](N)c1ccc(OC)c(Br)c1. The van der Waals surface area contributed by atoms with Crippen LogP contribution in [0.15, 0.2) is 22.7 Å². The highest BCUT2D eigenvalue weighted by molar-refractivity contribution is 9.10. The van der Waals surface area contributed by atoms with E-state index in [1.807, 2.05) is 25.1 Å². The first kappa shape index (κ1) is 12.5. The number of hydrogen-bond acceptors (Lipinski definition) is 3. The third-order valence-electron chi connectivity index (χ3n) is 2.39. The predicted molar refractivity (Wildman–Crippen MR) is 63.9 cm³/mol. The van der Waals surface area contributed by atoms with Gasteiger partial charge >= 0.3 is 0 Å². The van der Waals surface area contributed by atoms with Gasteiger partial charge in [-0.3, -0.25) is 0 Å². The van der Waals surface area contributed by atoms with E-state index in [0.717, 1.165) is 15.8 Å². The Balaban J connectivity index is 2.92. The van der Waals surface area contributed by atoms with Crippen LogP contribution in [0.3, 0.4) is 0 Å². The lowest BCUT2D eigenvalue weighted by atomic mass is 10.0. The van der Waals surface area contributed by atoms with E-state index in [1.54, 1.807) is 7.11 Å². The molecule has 15 heavy (non-hydrogen) atoms. The first-order valence-electron chi connectivity index (χ1n) is 4.87. The van der Waals surface area contributed by atoms with E-state index < -0.39 is 6.10 Å². The summed E-state index contributed by atoms with van der Waals surface area (Å²) in [6.45, 7) is 1.91. The Kier molecular flexibility index (Phi) is 4.57. The number of ether oxygens (including phenoxy) is 1. The molecule has 0 saturated heterocycles. The first-order valence-corrected chi connectivity index (χ1v) is 5.66. The minimum Gasteiger partial charge on any atom is -0.496 e. The van der Waals surface area contributed by atoms with Crippen molar-refractivity contribution in [3.05, 3.63) is 28.2 Å². The third-order valence-corrected chi connectivity index (χ3v) is 3.01. The fraction of sp³-hybridized carbons (Fsp3) is 0.455. The number of hydrogen-bond donors (Lipinski definition) is 2. The highest BCUT2D eigenvalue weighted by Crippen LogP contribution is 2.28. The van der Waals surface area contributed by atoms with Crippen molar-refractivity contribution in [2.45, 2.75) is 25.5 Å². The van der Waals surface area contributed by atoms with Gasteiger partial charge < -0.3 is 15.6 Å².